The van der Waals surface area contributed by atoms with E-state index >= 15 is 0 Å². The zero-order chi connectivity index (χ0) is 14.8. The number of rotatable bonds is 2. The molecule has 0 bridgehead atoms. The zero-order valence-electron chi connectivity index (χ0n) is 12.4. The fraction of sp³-hybridized carbons (Fsp3) is 0.267. The second-order valence-electron chi connectivity index (χ2n) is 5.18. The number of benzene rings is 1. The minimum atomic E-state index is 0. The molecule has 0 amide bonds. The highest BCUT2D eigenvalue weighted by Crippen LogP contribution is 2.19. The predicted octanol–water partition coefficient (Wildman–Crippen LogP) is -2.94. The van der Waals surface area contributed by atoms with Crippen molar-refractivity contribution in [1.82, 2.24) is 0 Å². The van der Waals surface area contributed by atoms with Crippen molar-refractivity contribution in [2.24, 2.45) is 15.1 Å². The Labute approximate surface area is 140 Å². The van der Waals surface area contributed by atoms with Crippen LogP contribution in [0.5, 0.6) is 0 Å². The number of halogens is 1. The van der Waals surface area contributed by atoms with Crippen molar-refractivity contribution < 1.29 is 22.2 Å². The molecule has 0 aromatic heterocycles. The van der Waals surface area contributed by atoms with Gasteiger partial charge in [0.1, 0.15) is 12.4 Å². The zero-order valence-corrected chi connectivity index (χ0v) is 13.2. The third kappa shape index (κ3) is 3.42. The lowest BCUT2D eigenvalue weighted by atomic mass is 10.2. The highest BCUT2D eigenvalue weighted by atomic mass is 35.5. The minimum Gasteiger partial charge on any atom is -1.00 e. The number of nitrogens with zero attached hydrogens (tertiary/aromatic N) is 4. The summed E-state index contributed by atoms with van der Waals surface area (Å²) >= 11 is 0. The Kier molecular flexibility index (Phi) is 4.71. The molecular weight excluding hydrogens is 316 g/mol. The molecule has 0 saturated carbocycles. The van der Waals surface area contributed by atoms with Gasteiger partial charge in [0, 0.05) is 24.5 Å². The normalized spacial score (nSPS) is 22.1. The maximum absolute atomic E-state index is 5.38. The summed E-state index contributed by atoms with van der Waals surface area (Å²) in [6.07, 6.45) is 5.29. The number of hydrogen-bond donors (Lipinski definition) is 2. The van der Waals surface area contributed by atoms with Crippen molar-refractivity contribution in [1.29, 1.82) is 0 Å². The van der Waals surface area contributed by atoms with Gasteiger partial charge in [0.05, 0.1) is 19.4 Å². The Morgan fingerprint density at radius 1 is 1.13 bits per heavy atom. The second kappa shape index (κ2) is 6.91. The van der Waals surface area contributed by atoms with E-state index in [0.717, 1.165) is 42.8 Å². The molecular formula is C15H17ClN6O. The van der Waals surface area contributed by atoms with Gasteiger partial charge in [-0.3, -0.25) is 4.99 Å². The van der Waals surface area contributed by atoms with E-state index in [1.807, 2.05) is 18.3 Å². The van der Waals surface area contributed by atoms with Gasteiger partial charge in [-0.2, -0.15) is 4.99 Å². The molecule has 4 rings (SSSR count). The summed E-state index contributed by atoms with van der Waals surface area (Å²) in [6, 6.07) is 8.31. The Bertz CT molecular complexity index is 676. The quantitative estimate of drug-likeness (QED) is 0.609. The number of amidine groups is 1. The maximum Gasteiger partial charge on any atom is 0.286 e. The van der Waals surface area contributed by atoms with Crippen molar-refractivity contribution in [3.63, 3.8) is 0 Å². The summed E-state index contributed by atoms with van der Waals surface area (Å²) in [5.74, 6) is 1.40. The molecule has 0 spiro atoms. The van der Waals surface area contributed by atoms with Gasteiger partial charge < -0.3 is 27.4 Å². The number of aliphatic imine (C=N–C) groups is 2. The summed E-state index contributed by atoms with van der Waals surface area (Å²) in [6.45, 7) is 3.47. The van der Waals surface area contributed by atoms with Gasteiger partial charge in [-0.05, 0) is 29.4 Å². The molecule has 0 aliphatic carbocycles. The Balaban J connectivity index is 0.00000156. The molecule has 0 radical (unpaired) electrons. The molecule has 8 heteroatoms. The van der Waals surface area contributed by atoms with Gasteiger partial charge in [0.2, 0.25) is 0 Å². The molecule has 3 aliphatic heterocycles. The van der Waals surface area contributed by atoms with Gasteiger partial charge in [-0.1, -0.05) is 0 Å². The third-order valence-corrected chi connectivity index (χ3v) is 3.73. The lowest BCUT2D eigenvalue weighted by molar-refractivity contribution is -0.748. The van der Waals surface area contributed by atoms with Crippen LogP contribution in [0.1, 0.15) is 0 Å². The molecule has 1 fully saturated rings. The number of fused-ring (bicyclic) bond motifs is 1. The van der Waals surface area contributed by atoms with Gasteiger partial charge in [-0.15, -0.1) is 5.01 Å². The maximum atomic E-state index is 5.38. The van der Waals surface area contributed by atoms with E-state index in [1.165, 1.54) is 5.69 Å². The molecule has 7 nitrogen and oxygen atoms in total. The lowest BCUT2D eigenvalue weighted by Crippen LogP contribution is -3.05. The summed E-state index contributed by atoms with van der Waals surface area (Å²) < 4.78 is 5.38. The SMILES string of the molecule is C1=C[NH+]2N=C(Nc3ccc(N4CCOCC4)cc3)N=C2C=N1.[Cl-]. The van der Waals surface area contributed by atoms with E-state index in [4.69, 9.17) is 4.74 Å². The molecule has 1 saturated heterocycles. The Morgan fingerprint density at radius 2 is 1.91 bits per heavy atom. The topological polar surface area (TPSA) is 66.0 Å². The molecule has 1 aromatic rings. The molecule has 2 N–H and O–H groups in total. The van der Waals surface area contributed by atoms with Gasteiger partial charge >= 0.3 is 0 Å². The second-order valence-corrected chi connectivity index (χ2v) is 5.18. The summed E-state index contributed by atoms with van der Waals surface area (Å²) in [5.41, 5.74) is 2.19. The van der Waals surface area contributed by atoms with E-state index in [2.05, 4.69) is 37.4 Å². The molecule has 120 valence electrons. The van der Waals surface area contributed by atoms with Crippen molar-refractivity contribution in [2.75, 3.05) is 36.5 Å². The fourth-order valence-corrected chi connectivity index (χ4v) is 2.57. The first kappa shape index (κ1) is 15.7. The monoisotopic (exact) mass is 332 g/mol. The fourth-order valence-electron chi connectivity index (χ4n) is 2.57. The average Bonchev–Trinajstić information content (AvgIpc) is 2.98. The van der Waals surface area contributed by atoms with Gasteiger partial charge in [-0.25, -0.2) is 0 Å². The number of morpholine rings is 1. The lowest BCUT2D eigenvalue weighted by Gasteiger charge is -2.28. The minimum absolute atomic E-state index is 0. The van der Waals surface area contributed by atoms with Crippen LogP contribution in [0.15, 0.2) is 51.8 Å². The van der Waals surface area contributed by atoms with E-state index in [1.54, 1.807) is 12.4 Å². The van der Waals surface area contributed by atoms with Gasteiger partial charge in [0.25, 0.3) is 11.8 Å². The molecule has 1 unspecified atom stereocenters. The Hall–Kier alpha value is -2.22. The van der Waals surface area contributed by atoms with Crippen LogP contribution in [0.4, 0.5) is 11.4 Å². The molecule has 3 heterocycles. The molecule has 23 heavy (non-hydrogen) atoms. The van der Waals surface area contributed by atoms with Crippen LogP contribution in [0.3, 0.4) is 0 Å². The number of ether oxygens (including phenoxy) is 1. The third-order valence-electron chi connectivity index (χ3n) is 3.73. The van der Waals surface area contributed by atoms with Crippen LogP contribution < -0.4 is 27.6 Å². The van der Waals surface area contributed by atoms with Crippen LogP contribution in [-0.2, 0) is 4.74 Å². The molecule has 1 aromatic carbocycles. The summed E-state index contributed by atoms with van der Waals surface area (Å²) in [4.78, 5) is 10.8. The van der Waals surface area contributed by atoms with E-state index in [-0.39, 0.29) is 12.4 Å². The van der Waals surface area contributed by atoms with Crippen LogP contribution in [0.25, 0.3) is 0 Å². The summed E-state index contributed by atoms with van der Waals surface area (Å²) in [7, 11) is 0. The number of guanidine groups is 1. The number of quaternary nitrogens is 1. The van der Waals surface area contributed by atoms with Gasteiger partial charge in [0.15, 0.2) is 0 Å². The molecule has 1 atom stereocenters. The average molecular weight is 333 g/mol. The number of nitrogens with one attached hydrogen (secondary N) is 2. The smallest absolute Gasteiger partial charge is 0.286 e. The van der Waals surface area contributed by atoms with E-state index in [9.17, 15) is 0 Å². The van der Waals surface area contributed by atoms with E-state index in [0.29, 0.717) is 5.96 Å². The van der Waals surface area contributed by atoms with Crippen molar-refractivity contribution in [3.8, 4) is 0 Å². The summed E-state index contributed by atoms with van der Waals surface area (Å²) in [5, 5.41) is 8.51. The Morgan fingerprint density at radius 3 is 2.65 bits per heavy atom. The number of anilines is 2. The predicted molar refractivity (Wildman–Crippen MR) is 86.6 cm³/mol. The highest BCUT2D eigenvalue weighted by molar-refractivity contribution is 6.29. The first-order valence-corrected chi connectivity index (χ1v) is 7.33. The molecule has 3 aliphatic rings. The first-order chi connectivity index (χ1) is 10.9. The standard InChI is InChI=1S/C15H16N6O.ClH/c1-3-13(20-7-9-22-10-8-20)4-2-12(1)17-15-18-14-11-16-5-6-21(14)19-15;/h1-6,11H,7-10H2,(H,17,19);1H. The number of hydrogen-bond acceptors (Lipinski definition) is 6. The van der Waals surface area contributed by atoms with Crippen LogP contribution in [0, 0.1) is 0 Å². The largest absolute Gasteiger partial charge is 1.00 e. The highest BCUT2D eigenvalue weighted by Gasteiger charge is 2.24. The van der Waals surface area contributed by atoms with E-state index < -0.39 is 0 Å². The van der Waals surface area contributed by atoms with Crippen LogP contribution in [0.2, 0.25) is 0 Å². The first-order valence-electron chi connectivity index (χ1n) is 7.33. The van der Waals surface area contributed by atoms with Crippen LogP contribution in [-0.4, -0.2) is 44.3 Å². The van der Waals surface area contributed by atoms with Crippen molar-refractivity contribution in [3.05, 3.63) is 36.7 Å². The van der Waals surface area contributed by atoms with Crippen molar-refractivity contribution in [2.45, 2.75) is 0 Å². The van der Waals surface area contributed by atoms with Crippen LogP contribution >= 0.6 is 0 Å². The van der Waals surface area contributed by atoms with Crippen molar-refractivity contribution >= 4 is 29.4 Å².